The molecule has 1 aliphatic carbocycles. The second-order valence-electron chi connectivity index (χ2n) is 8.05. The molecule has 1 amide bonds. The molecule has 1 aromatic rings. The molecule has 1 aromatic carbocycles. The van der Waals surface area contributed by atoms with Gasteiger partial charge in [-0.2, -0.15) is 0 Å². The van der Waals surface area contributed by atoms with Gasteiger partial charge in [0.1, 0.15) is 5.60 Å². The highest BCUT2D eigenvalue weighted by molar-refractivity contribution is 5.85. The van der Waals surface area contributed by atoms with Gasteiger partial charge in [0, 0.05) is 24.3 Å². The van der Waals surface area contributed by atoms with Crippen molar-refractivity contribution in [1.82, 2.24) is 10.2 Å². The first-order valence-electron chi connectivity index (χ1n) is 8.87. The van der Waals surface area contributed by atoms with E-state index in [1.807, 2.05) is 26.8 Å². The Kier molecular flexibility index (Phi) is 4.83. The number of likely N-dealkylation sites (tertiary alicyclic amines) is 1. The van der Waals surface area contributed by atoms with Crippen LogP contribution in [0.25, 0.3) is 0 Å². The number of ether oxygens (including phenoxy) is 1. The molecular weight excluding hydrogens is 302 g/mol. The largest absolute Gasteiger partial charge is 0.444 e. The minimum absolute atomic E-state index is 0.399. The van der Waals surface area contributed by atoms with Crippen LogP contribution in [0.5, 0.6) is 0 Å². The van der Waals surface area contributed by atoms with Crippen molar-refractivity contribution in [3.8, 4) is 0 Å². The van der Waals surface area contributed by atoms with Crippen LogP contribution >= 0.6 is 0 Å². The standard InChI is InChI=1S/C19H29N3O2/c1-19(2,3)24-18(23)21-14-6-7-16-13(11-14)5-8-17(16)20-15-9-10-22(4)12-15/h6-7,11,15,17,20H,5,8-10,12H2,1-4H3,(H,21,23). The molecule has 2 atom stereocenters. The summed E-state index contributed by atoms with van der Waals surface area (Å²) in [6.45, 7) is 7.91. The lowest BCUT2D eigenvalue weighted by Crippen LogP contribution is -2.33. The average Bonchev–Trinajstić information content (AvgIpc) is 3.04. The summed E-state index contributed by atoms with van der Waals surface area (Å²) in [4.78, 5) is 14.3. The zero-order valence-corrected chi connectivity index (χ0v) is 15.2. The van der Waals surface area contributed by atoms with Gasteiger partial charge in [-0.1, -0.05) is 6.07 Å². The molecule has 1 heterocycles. The van der Waals surface area contributed by atoms with E-state index < -0.39 is 11.7 Å². The van der Waals surface area contributed by atoms with Gasteiger partial charge in [-0.05, 0) is 76.9 Å². The average molecular weight is 331 g/mol. The highest BCUT2D eigenvalue weighted by Crippen LogP contribution is 2.34. The Hall–Kier alpha value is -1.59. The number of hydrogen-bond acceptors (Lipinski definition) is 4. The van der Waals surface area contributed by atoms with Gasteiger partial charge in [0.25, 0.3) is 0 Å². The van der Waals surface area contributed by atoms with E-state index >= 15 is 0 Å². The van der Waals surface area contributed by atoms with E-state index in [0.717, 1.165) is 25.1 Å². The molecule has 0 saturated carbocycles. The van der Waals surface area contributed by atoms with Gasteiger partial charge < -0.3 is 15.0 Å². The van der Waals surface area contributed by atoms with Gasteiger partial charge >= 0.3 is 6.09 Å². The Morgan fingerprint density at radius 3 is 2.75 bits per heavy atom. The van der Waals surface area contributed by atoms with E-state index in [9.17, 15) is 4.79 Å². The normalized spacial score (nSPS) is 24.0. The van der Waals surface area contributed by atoms with Crippen molar-refractivity contribution in [3.63, 3.8) is 0 Å². The zero-order valence-electron chi connectivity index (χ0n) is 15.2. The van der Waals surface area contributed by atoms with Crippen LogP contribution in [0, 0.1) is 0 Å². The number of amides is 1. The molecule has 1 fully saturated rings. The molecule has 0 aromatic heterocycles. The van der Waals surface area contributed by atoms with Gasteiger partial charge in [0.15, 0.2) is 0 Å². The fourth-order valence-corrected chi connectivity index (χ4v) is 3.65. The second-order valence-corrected chi connectivity index (χ2v) is 8.05. The molecule has 5 heteroatoms. The van der Waals surface area contributed by atoms with Crippen molar-refractivity contribution < 1.29 is 9.53 Å². The molecule has 24 heavy (non-hydrogen) atoms. The number of nitrogens with one attached hydrogen (secondary N) is 2. The minimum atomic E-state index is -0.482. The van der Waals surface area contributed by atoms with Gasteiger partial charge in [-0.25, -0.2) is 4.79 Å². The van der Waals surface area contributed by atoms with Gasteiger partial charge in [0.05, 0.1) is 0 Å². The highest BCUT2D eigenvalue weighted by Gasteiger charge is 2.28. The molecule has 1 saturated heterocycles. The molecule has 3 rings (SSSR count). The number of hydrogen-bond donors (Lipinski definition) is 2. The first-order chi connectivity index (χ1) is 11.3. The molecule has 2 aliphatic rings. The van der Waals surface area contributed by atoms with Crippen LogP contribution in [0.4, 0.5) is 10.5 Å². The van der Waals surface area contributed by atoms with Crippen LogP contribution in [-0.4, -0.2) is 42.8 Å². The number of rotatable bonds is 3. The molecule has 0 radical (unpaired) electrons. The lowest BCUT2D eigenvalue weighted by Gasteiger charge is -2.21. The molecule has 2 unspecified atom stereocenters. The predicted octanol–water partition coefficient (Wildman–Crippen LogP) is 3.31. The second kappa shape index (κ2) is 6.73. The van der Waals surface area contributed by atoms with Gasteiger partial charge in [0.2, 0.25) is 0 Å². The fourth-order valence-electron chi connectivity index (χ4n) is 3.65. The minimum Gasteiger partial charge on any atom is -0.444 e. The smallest absolute Gasteiger partial charge is 0.412 e. The first kappa shape index (κ1) is 17.2. The molecule has 132 valence electrons. The van der Waals surface area contributed by atoms with Crippen molar-refractivity contribution in [1.29, 1.82) is 0 Å². The number of carbonyl (C=O) groups excluding carboxylic acids is 1. The van der Waals surface area contributed by atoms with Crippen molar-refractivity contribution in [2.24, 2.45) is 0 Å². The summed E-state index contributed by atoms with van der Waals surface area (Å²) in [5.74, 6) is 0. The van der Waals surface area contributed by atoms with Crippen LogP contribution in [0.3, 0.4) is 0 Å². The Balaban J connectivity index is 1.62. The van der Waals surface area contributed by atoms with E-state index in [2.05, 4.69) is 34.7 Å². The SMILES string of the molecule is CN1CCC(NC2CCc3cc(NC(=O)OC(C)(C)C)ccc32)C1. The molecule has 2 N–H and O–H groups in total. The van der Waals surface area contributed by atoms with E-state index in [1.165, 1.54) is 24.1 Å². The molecule has 1 aliphatic heterocycles. The van der Waals surface area contributed by atoms with E-state index in [0.29, 0.717) is 12.1 Å². The zero-order chi connectivity index (χ0) is 17.3. The Labute approximate surface area is 144 Å². The summed E-state index contributed by atoms with van der Waals surface area (Å²) in [6, 6.07) is 7.23. The van der Waals surface area contributed by atoms with Crippen molar-refractivity contribution in [3.05, 3.63) is 29.3 Å². The van der Waals surface area contributed by atoms with Crippen LogP contribution in [0.15, 0.2) is 18.2 Å². The van der Waals surface area contributed by atoms with Crippen LogP contribution in [0.1, 0.15) is 50.8 Å². The van der Waals surface area contributed by atoms with E-state index in [4.69, 9.17) is 4.74 Å². The maximum absolute atomic E-state index is 11.9. The number of carbonyl (C=O) groups is 1. The lowest BCUT2D eigenvalue weighted by atomic mass is 10.1. The third-order valence-electron chi connectivity index (χ3n) is 4.69. The Morgan fingerprint density at radius 2 is 2.08 bits per heavy atom. The van der Waals surface area contributed by atoms with E-state index in [-0.39, 0.29) is 0 Å². The molecular formula is C19H29N3O2. The number of benzene rings is 1. The molecule has 0 bridgehead atoms. The Morgan fingerprint density at radius 1 is 1.29 bits per heavy atom. The summed E-state index contributed by atoms with van der Waals surface area (Å²) in [7, 11) is 2.18. The predicted molar refractivity (Wildman–Crippen MR) is 96.4 cm³/mol. The fraction of sp³-hybridized carbons (Fsp3) is 0.632. The van der Waals surface area contributed by atoms with Crippen LogP contribution < -0.4 is 10.6 Å². The third kappa shape index (κ3) is 4.28. The van der Waals surface area contributed by atoms with Crippen LogP contribution in [-0.2, 0) is 11.2 Å². The summed E-state index contributed by atoms with van der Waals surface area (Å²) in [6.07, 6.45) is 3.01. The molecule has 0 spiro atoms. The number of aryl methyl sites for hydroxylation is 1. The summed E-state index contributed by atoms with van der Waals surface area (Å²) in [5, 5.41) is 6.64. The Bertz CT molecular complexity index is 609. The summed E-state index contributed by atoms with van der Waals surface area (Å²) < 4.78 is 5.31. The van der Waals surface area contributed by atoms with Gasteiger partial charge in [-0.3, -0.25) is 5.32 Å². The van der Waals surface area contributed by atoms with Crippen molar-refractivity contribution in [2.75, 3.05) is 25.5 Å². The number of likely N-dealkylation sites (N-methyl/N-ethyl adjacent to an activating group) is 1. The number of anilines is 1. The maximum atomic E-state index is 11.9. The summed E-state index contributed by atoms with van der Waals surface area (Å²) in [5.41, 5.74) is 3.03. The number of fused-ring (bicyclic) bond motifs is 1. The molecule has 5 nitrogen and oxygen atoms in total. The van der Waals surface area contributed by atoms with Gasteiger partial charge in [-0.15, -0.1) is 0 Å². The van der Waals surface area contributed by atoms with Crippen LogP contribution in [0.2, 0.25) is 0 Å². The highest BCUT2D eigenvalue weighted by atomic mass is 16.6. The third-order valence-corrected chi connectivity index (χ3v) is 4.69. The quantitative estimate of drug-likeness (QED) is 0.892. The van der Waals surface area contributed by atoms with E-state index in [1.54, 1.807) is 0 Å². The number of nitrogens with zero attached hydrogens (tertiary/aromatic N) is 1. The maximum Gasteiger partial charge on any atom is 0.412 e. The van der Waals surface area contributed by atoms with Crippen molar-refractivity contribution in [2.45, 2.75) is 57.7 Å². The monoisotopic (exact) mass is 331 g/mol. The summed E-state index contributed by atoms with van der Waals surface area (Å²) >= 11 is 0. The lowest BCUT2D eigenvalue weighted by molar-refractivity contribution is 0.0636. The topological polar surface area (TPSA) is 53.6 Å². The van der Waals surface area contributed by atoms with Crippen molar-refractivity contribution >= 4 is 11.8 Å². The first-order valence-corrected chi connectivity index (χ1v) is 8.87.